The van der Waals surface area contributed by atoms with Crippen LogP contribution in [0.5, 0.6) is 0 Å². The van der Waals surface area contributed by atoms with Gasteiger partial charge in [0.2, 0.25) is 5.78 Å². The molecule has 33 heavy (non-hydrogen) atoms. The van der Waals surface area contributed by atoms with E-state index < -0.39 is 35.4 Å². The maximum atomic E-state index is 14.1. The maximum Gasteiger partial charge on any atom is 0.416 e. The van der Waals surface area contributed by atoms with E-state index in [0.29, 0.717) is 23.0 Å². The van der Waals surface area contributed by atoms with Crippen molar-refractivity contribution >= 4 is 17.4 Å². The fourth-order valence-corrected chi connectivity index (χ4v) is 3.51. The van der Waals surface area contributed by atoms with Crippen LogP contribution in [-0.4, -0.2) is 44.4 Å². The number of aliphatic hydroxyl groups is 1. The molecular formula is C22H16F4N4O3. The van der Waals surface area contributed by atoms with Crippen LogP contribution >= 0.6 is 0 Å². The Morgan fingerprint density at radius 2 is 1.91 bits per heavy atom. The third-order valence-electron chi connectivity index (χ3n) is 5.16. The van der Waals surface area contributed by atoms with E-state index in [-0.39, 0.29) is 24.2 Å². The number of carbonyl (C=O) groups excluding carboxylic acids is 2. The molecule has 0 radical (unpaired) electrons. The van der Waals surface area contributed by atoms with Crippen LogP contribution in [-0.2, 0) is 17.5 Å². The Morgan fingerprint density at radius 3 is 2.58 bits per heavy atom. The molecule has 0 bridgehead atoms. The molecule has 2 aromatic carbocycles. The monoisotopic (exact) mass is 460 g/mol. The second kappa shape index (κ2) is 8.24. The van der Waals surface area contributed by atoms with Gasteiger partial charge in [-0.3, -0.25) is 9.59 Å². The number of anilines is 1. The fourth-order valence-electron chi connectivity index (χ4n) is 3.51. The SMILES string of the molecule is C=CCN1C(=O)C(O)C(=O)c2cc(-c3cn(Cc4ccc(C(F)(F)F)cc4F)nn3)ccc21. The lowest BCUT2D eigenvalue weighted by Gasteiger charge is -2.30. The van der Waals surface area contributed by atoms with Crippen molar-refractivity contribution in [3.8, 4) is 11.3 Å². The first-order valence-electron chi connectivity index (χ1n) is 9.65. The first-order chi connectivity index (χ1) is 15.6. The number of amides is 1. The van der Waals surface area contributed by atoms with E-state index in [0.717, 1.165) is 12.1 Å². The summed E-state index contributed by atoms with van der Waals surface area (Å²) in [5, 5.41) is 17.8. The second-order valence-corrected chi connectivity index (χ2v) is 7.34. The molecule has 1 atom stereocenters. The van der Waals surface area contributed by atoms with Crippen molar-refractivity contribution in [2.24, 2.45) is 0 Å². The van der Waals surface area contributed by atoms with Crippen LogP contribution in [0.2, 0.25) is 0 Å². The molecule has 0 fully saturated rings. The summed E-state index contributed by atoms with van der Waals surface area (Å²) in [5.74, 6) is -2.52. The molecule has 4 rings (SSSR count). The predicted molar refractivity (Wildman–Crippen MR) is 109 cm³/mol. The third-order valence-corrected chi connectivity index (χ3v) is 5.16. The van der Waals surface area contributed by atoms with Crippen molar-refractivity contribution in [3.05, 3.63) is 77.8 Å². The average Bonchev–Trinajstić information content (AvgIpc) is 3.24. The molecule has 0 aliphatic carbocycles. The van der Waals surface area contributed by atoms with Gasteiger partial charge in [-0.2, -0.15) is 13.2 Å². The van der Waals surface area contributed by atoms with Crippen LogP contribution < -0.4 is 4.90 Å². The standard InChI is InChI=1S/C22H16F4N4O3/c1-2-7-30-18-6-4-12(8-15(18)19(31)20(32)21(30)33)17-11-29(28-27-17)10-13-3-5-14(9-16(13)23)22(24,25)26/h2-6,8-9,11,20,32H,1,7,10H2. The molecule has 1 N–H and O–H groups in total. The summed E-state index contributed by atoms with van der Waals surface area (Å²) in [6.45, 7) is 3.50. The zero-order valence-corrected chi connectivity index (χ0v) is 16.9. The number of aliphatic hydroxyl groups excluding tert-OH is 1. The zero-order chi connectivity index (χ0) is 23.9. The largest absolute Gasteiger partial charge is 0.416 e. The summed E-state index contributed by atoms with van der Waals surface area (Å²) >= 11 is 0. The van der Waals surface area contributed by atoms with Crippen LogP contribution in [0.15, 0.2) is 55.3 Å². The van der Waals surface area contributed by atoms with Gasteiger partial charge >= 0.3 is 6.18 Å². The van der Waals surface area contributed by atoms with Crippen molar-refractivity contribution in [2.75, 3.05) is 11.4 Å². The lowest BCUT2D eigenvalue weighted by molar-refractivity contribution is -0.137. The van der Waals surface area contributed by atoms with Crippen molar-refractivity contribution in [3.63, 3.8) is 0 Å². The Balaban J connectivity index is 1.62. The van der Waals surface area contributed by atoms with Crippen LogP contribution in [0, 0.1) is 5.82 Å². The van der Waals surface area contributed by atoms with Gasteiger partial charge in [0, 0.05) is 23.2 Å². The summed E-state index contributed by atoms with van der Waals surface area (Å²) < 4.78 is 53.5. The summed E-state index contributed by atoms with van der Waals surface area (Å²) in [7, 11) is 0. The highest BCUT2D eigenvalue weighted by Crippen LogP contribution is 2.32. The van der Waals surface area contributed by atoms with Gasteiger partial charge in [-0.15, -0.1) is 11.7 Å². The molecule has 3 aromatic rings. The molecule has 1 aliphatic rings. The van der Waals surface area contributed by atoms with E-state index >= 15 is 0 Å². The van der Waals surface area contributed by atoms with E-state index in [9.17, 15) is 32.3 Å². The lowest BCUT2D eigenvalue weighted by atomic mass is 9.95. The number of carbonyl (C=O) groups is 2. The molecule has 1 amide bonds. The van der Waals surface area contributed by atoms with Crippen molar-refractivity contribution in [2.45, 2.75) is 18.8 Å². The molecule has 11 heteroatoms. The molecule has 1 unspecified atom stereocenters. The minimum absolute atomic E-state index is 0.0122. The number of fused-ring (bicyclic) bond motifs is 1. The molecule has 1 aliphatic heterocycles. The number of aromatic nitrogens is 3. The van der Waals surface area contributed by atoms with E-state index in [1.54, 1.807) is 6.07 Å². The topological polar surface area (TPSA) is 88.3 Å². The molecule has 2 heterocycles. The Morgan fingerprint density at radius 1 is 1.15 bits per heavy atom. The molecular weight excluding hydrogens is 444 g/mol. The van der Waals surface area contributed by atoms with Crippen LogP contribution in [0.3, 0.4) is 0 Å². The highest BCUT2D eigenvalue weighted by atomic mass is 19.4. The smallest absolute Gasteiger partial charge is 0.376 e. The number of ketones is 1. The Hall–Kier alpha value is -3.86. The summed E-state index contributed by atoms with van der Waals surface area (Å²) in [5.41, 5.74) is 0.0820. The first-order valence-corrected chi connectivity index (χ1v) is 9.65. The first kappa shape index (κ1) is 22.3. The maximum absolute atomic E-state index is 14.1. The van der Waals surface area contributed by atoms with Gasteiger partial charge in [-0.05, 0) is 24.3 Å². The molecule has 1 aromatic heterocycles. The number of nitrogens with zero attached hydrogens (tertiary/aromatic N) is 4. The number of Topliss-reactive ketones (excluding diaryl/α,β-unsaturated/α-hetero) is 1. The third kappa shape index (κ3) is 4.14. The van der Waals surface area contributed by atoms with Gasteiger partial charge < -0.3 is 10.0 Å². The Bertz CT molecular complexity index is 1270. The van der Waals surface area contributed by atoms with E-state index in [1.165, 1.54) is 34.0 Å². The Kier molecular flexibility index (Phi) is 5.58. The molecule has 7 nitrogen and oxygen atoms in total. The van der Waals surface area contributed by atoms with Crippen LogP contribution in [0.1, 0.15) is 21.5 Å². The summed E-state index contributed by atoms with van der Waals surface area (Å²) in [4.78, 5) is 25.9. The predicted octanol–water partition coefficient (Wildman–Crippen LogP) is 3.23. The number of benzene rings is 2. The van der Waals surface area contributed by atoms with Crippen molar-refractivity contribution in [1.82, 2.24) is 15.0 Å². The van der Waals surface area contributed by atoms with Gasteiger partial charge in [-0.25, -0.2) is 9.07 Å². The highest BCUT2D eigenvalue weighted by molar-refractivity contribution is 6.24. The number of rotatable bonds is 5. The number of halogens is 4. The molecule has 170 valence electrons. The molecule has 0 spiro atoms. The van der Waals surface area contributed by atoms with Gasteiger partial charge in [0.15, 0.2) is 6.10 Å². The van der Waals surface area contributed by atoms with Gasteiger partial charge in [0.25, 0.3) is 5.91 Å². The van der Waals surface area contributed by atoms with E-state index in [2.05, 4.69) is 16.9 Å². The number of hydrogen-bond donors (Lipinski definition) is 1. The van der Waals surface area contributed by atoms with Crippen LogP contribution in [0.4, 0.5) is 23.2 Å². The highest BCUT2D eigenvalue weighted by Gasteiger charge is 2.38. The Labute approximate surface area is 184 Å². The van der Waals surface area contributed by atoms with Crippen LogP contribution in [0.25, 0.3) is 11.3 Å². The van der Waals surface area contributed by atoms with Gasteiger partial charge in [0.1, 0.15) is 11.5 Å². The second-order valence-electron chi connectivity index (χ2n) is 7.34. The molecule has 0 saturated carbocycles. The van der Waals surface area contributed by atoms with E-state index in [1.807, 2.05) is 0 Å². The minimum atomic E-state index is -4.65. The summed E-state index contributed by atoms with van der Waals surface area (Å²) in [6.07, 6.45) is -3.58. The van der Waals surface area contributed by atoms with Crippen molar-refractivity contribution in [1.29, 1.82) is 0 Å². The van der Waals surface area contributed by atoms with E-state index in [4.69, 9.17) is 0 Å². The summed E-state index contributed by atoms with van der Waals surface area (Å²) in [6, 6.07) is 6.82. The lowest BCUT2D eigenvalue weighted by Crippen LogP contribution is -2.48. The number of hydrogen-bond acceptors (Lipinski definition) is 5. The average molecular weight is 460 g/mol. The molecule has 0 saturated heterocycles. The van der Waals surface area contributed by atoms with Crippen molar-refractivity contribution < 1.29 is 32.3 Å². The fraction of sp³-hybridized carbons (Fsp3) is 0.182. The minimum Gasteiger partial charge on any atom is -0.376 e. The normalized spacial score (nSPS) is 16.2. The quantitative estimate of drug-likeness (QED) is 0.359. The number of alkyl halides is 3. The van der Waals surface area contributed by atoms with Gasteiger partial charge in [-0.1, -0.05) is 23.4 Å². The zero-order valence-electron chi connectivity index (χ0n) is 16.9. The van der Waals surface area contributed by atoms with Gasteiger partial charge in [0.05, 0.1) is 24.0 Å².